The second kappa shape index (κ2) is 9.32. The van der Waals surface area contributed by atoms with E-state index in [4.69, 9.17) is 11.6 Å². The van der Waals surface area contributed by atoms with Crippen LogP contribution in [0.3, 0.4) is 0 Å². The smallest absolute Gasteiger partial charge is 0.333 e. The lowest BCUT2D eigenvalue weighted by Gasteiger charge is -2.21. The SMILES string of the molecule is O=C1NCCc2c1cccc2-c1cccc(Cl)c1-c1ccc2c(=O)n(-c3cncc4ccccc34)c(=O)[nH]c2c1. The quantitative estimate of drug-likeness (QED) is 0.307. The van der Waals surface area contributed by atoms with Gasteiger partial charge in [-0.2, -0.15) is 0 Å². The second-order valence-corrected chi connectivity index (χ2v) is 10.1. The van der Waals surface area contributed by atoms with Gasteiger partial charge < -0.3 is 10.3 Å². The van der Waals surface area contributed by atoms with Gasteiger partial charge in [0, 0.05) is 39.7 Å². The maximum atomic E-state index is 13.6. The molecule has 1 aliphatic rings. The van der Waals surface area contributed by atoms with E-state index in [-0.39, 0.29) is 5.91 Å². The van der Waals surface area contributed by atoms with Gasteiger partial charge in [-0.3, -0.25) is 14.6 Å². The van der Waals surface area contributed by atoms with Gasteiger partial charge in [-0.1, -0.05) is 66.2 Å². The minimum Gasteiger partial charge on any atom is -0.352 e. The van der Waals surface area contributed by atoms with Crippen LogP contribution in [0, 0.1) is 0 Å². The number of carbonyl (C=O) groups is 1. The Bertz CT molecular complexity index is 2130. The summed E-state index contributed by atoms with van der Waals surface area (Å²) < 4.78 is 1.12. The first-order valence-corrected chi connectivity index (χ1v) is 13.2. The zero-order valence-corrected chi connectivity index (χ0v) is 21.8. The summed E-state index contributed by atoms with van der Waals surface area (Å²) in [6, 6.07) is 24.1. The molecule has 1 amide bonds. The Hall–Kier alpha value is -5.01. The molecule has 0 bridgehead atoms. The van der Waals surface area contributed by atoms with E-state index < -0.39 is 11.2 Å². The highest BCUT2D eigenvalue weighted by molar-refractivity contribution is 6.34. The van der Waals surface area contributed by atoms with Gasteiger partial charge in [-0.25, -0.2) is 9.36 Å². The summed E-state index contributed by atoms with van der Waals surface area (Å²) in [7, 11) is 0. The number of halogens is 1. The highest BCUT2D eigenvalue weighted by Gasteiger charge is 2.22. The molecule has 194 valence electrons. The molecule has 2 N–H and O–H groups in total. The number of aromatic amines is 1. The van der Waals surface area contributed by atoms with Crippen LogP contribution in [0.1, 0.15) is 15.9 Å². The molecular formula is C32H21ClN4O3. The van der Waals surface area contributed by atoms with E-state index in [1.54, 1.807) is 24.4 Å². The first-order valence-electron chi connectivity index (χ1n) is 12.8. The summed E-state index contributed by atoms with van der Waals surface area (Å²) in [5.41, 5.74) is 4.74. The summed E-state index contributed by atoms with van der Waals surface area (Å²) in [6.07, 6.45) is 3.93. The molecule has 0 radical (unpaired) electrons. The van der Waals surface area contributed by atoms with E-state index in [0.717, 1.165) is 43.2 Å². The third-order valence-corrected chi connectivity index (χ3v) is 7.77. The molecular weight excluding hydrogens is 524 g/mol. The van der Waals surface area contributed by atoms with Crippen molar-refractivity contribution in [2.45, 2.75) is 6.42 Å². The molecule has 0 saturated carbocycles. The zero-order valence-electron chi connectivity index (χ0n) is 21.1. The number of rotatable bonds is 3. The van der Waals surface area contributed by atoms with Gasteiger partial charge in [0.1, 0.15) is 0 Å². The molecule has 6 aromatic rings. The van der Waals surface area contributed by atoms with E-state index in [9.17, 15) is 14.4 Å². The minimum absolute atomic E-state index is 0.0902. The van der Waals surface area contributed by atoms with Crippen LogP contribution in [0.4, 0.5) is 0 Å². The summed E-state index contributed by atoms with van der Waals surface area (Å²) in [6.45, 7) is 0.564. The number of nitrogens with one attached hydrogen (secondary N) is 2. The number of hydrogen-bond donors (Lipinski definition) is 2. The molecule has 7 rings (SSSR count). The van der Waals surface area contributed by atoms with Crippen molar-refractivity contribution in [2.24, 2.45) is 0 Å². The van der Waals surface area contributed by atoms with Crippen molar-refractivity contribution in [3.05, 3.63) is 128 Å². The zero-order chi connectivity index (χ0) is 27.4. The first-order chi connectivity index (χ1) is 19.5. The highest BCUT2D eigenvalue weighted by Crippen LogP contribution is 2.40. The van der Waals surface area contributed by atoms with E-state index >= 15 is 0 Å². The van der Waals surface area contributed by atoms with Crippen molar-refractivity contribution in [1.82, 2.24) is 19.9 Å². The number of amides is 1. The van der Waals surface area contributed by atoms with Gasteiger partial charge in [0.05, 0.1) is 22.8 Å². The van der Waals surface area contributed by atoms with Crippen LogP contribution in [-0.2, 0) is 6.42 Å². The molecule has 2 aromatic heterocycles. The number of carbonyl (C=O) groups excluding carboxylic acids is 1. The lowest BCUT2D eigenvalue weighted by molar-refractivity contribution is 0.0946. The van der Waals surface area contributed by atoms with Gasteiger partial charge in [0.15, 0.2) is 0 Å². The van der Waals surface area contributed by atoms with Crippen LogP contribution in [0.2, 0.25) is 5.02 Å². The fourth-order valence-corrected chi connectivity index (χ4v) is 5.91. The summed E-state index contributed by atoms with van der Waals surface area (Å²) in [5, 5.41) is 5.36. The molecule has 0 atom stereocenters. The Morgan fingerprint density at radius 3 is 2.50 bits per heavy atom. The van der Waals surface area contributed by atoms with Gasteiger partial charge in [-0.05, 0) is 52.9 Å². The van der Waals surface area contributed by atoms with Gasteiger partial charge in [-0.15, -0.1) is 0 Å². The van der Waals surface area contributed by atoms with E-state index in [1.807, 2.05) is 60.7 Å². The predicted molar refractivity (Wildman–Crippen MR) is 157 cm³/mol. The third kappa shape index (κ3) is 3.74. The van der Waals surface area contributed by atoms with E-state index in [2.05, 4.69) is 15.3 Å². The average molecular weight is 545 g/mol. The Morgan fingerprint density at radius 2 is 1.60 bits per heavy atom. The predicted octanol–water partition coefficient (Wildman–Crippen LogP) is 5.50. The van der Waals surface area contributed by atoms with Crippen molar-refractivity contribution >= 4 is 39.2 Å². The Kier molecular flexibility index (Phi) is 5.61. The standard InChI is InChI=1S/C32H21ClN4O3/c33-26-10-4-8-23(21-7-3-9-24-22(21)13-14-35-30(24)38)29(26)18-11-12-25-27(15-18)36-32(40)37(31(25)39)28-17-34-16-19-5-1-2-6-20(19)28/h1-12,15-17H,13-14H2,(H,35,38)(H,36,40). The third-order valence-electron chi connectivity index (χ3n) is 7.46. The van der Waals surface area contributed by atoms with Crippen LogP contribution in [0.5, 0.6) is 0 Å². The van der Waals surface area contributed by atoms with Crippen molar-refractivity contribution in [1.29, 1.82) is 0 Å². The molecule has 0 aliphatic carbocycles. The molecule has 0 spiro atoms. The Morgan fingerprint density at radius 1 is 0.800 bits per heavy atom. The van der Waals surface area contributed by atoms with Gasteiger partial charge >= 0.3 is 5.69 Å². The lowest BCUT2D eigenvalue weighted by Crippen LogP contribution is -2.33. The average Bonchev–Trinajstić information content (AvgIpc) is 2.97. The van der Waals surface area contributed by atoms with Gasteiger partial charge in [0.2, 0.25) is 0 Å². The number of nitrogens with zero attached hydrogens (tertiary/aromatic N) is 2. The van der Waals surface area contributed by atoms with E-state index in [0.29, 0.717) is 40.1 Å². The molecule has 3 heterocycles. The maximum Gasteiger partial charge on any atom is 0.333 e. The molecule has 1 aliphatic heterocycles. The largest absolute Gasteiger partial charge is 0.352 e. The summed E-state index contributed by atoms with van der Waals surface area (Å²) in [5.74, 6) is -0.0902. The fraction of sp³-hybridized carbons (Fsp3) is 0.0625. The van der Waals surface area contributed by atoms with Crippen LogP contribution in [0.15, 0.2) is 101 Å². The van der Waals surface area contributed by atoms with Crippen molar-refractivity contribution in [3.8, 4) is 27.9 Å². The van der Waals surface area contributed by atoms with Crippen molar-refractivity contribution in [2.75, 3.05) is 6.54 Å². The normalized spacial score (nSPS) is 12.9. The fourth-order valence-electron chi connectivity index (χ4n) is 5.63. The topological polar surface area (TPSA) is 96.8 Å². The molecule has 4 aromatic carbocycles. The second-order valence-electron chi connectivity index (χ2n) is 9.71. The molecule has 0 unspecified atom stereocenters. The first kappa shape index (κ1) is 24.1. The van der Waals surface area contributed by atoms with E-state index in [1.165, 1.54) is 6.20 Å². The van der Waals surface area contributed by atoms with Crippen LogP contribution in [-0.4, -0.2) is 27.0 Å². The molecule has 8 heteroatoms. The molecule has 0 fully saturated rings. The Balaban J connectivity index is 1.42. The minimum atomic E-state index is -0.560. The highest BCUT2D eigenvalue weighted by atomic mass is 35.5. The van der Waals surface area contributed by atoms with Crippen molar-refractivity contribution in [3.63, 3.8) is 0 Å². The Labute approximate surface area is 232 Å². The number of benzene rings is 4. The van der Waals surface area contributed by atoms with Crippen LogP contribution >= 0.6 is 11.6 Å². The molecule has 0 saturated heterocycles. The lowest BCUT2D eigenvalue weighted by atomic mass is 9.87. The van der Waals surface area contributed by atoms with Crippen LogP contribution < -0.4 is 16.6 Å². The van der Waals surface area contributed by atoms with Crippen molar-refractivity contribution < 1.29 is 4.79 Å². The monoisotopic (exact) mass is 544 g/mol. The molecule has 7 nitrogen and oxygen atoms in total. The van der Waals surface area contributed by atoms with Crippen LogP contribution in [0.25, 0.3) is 49.6 Å². The maximum absolute atomic E-state index is 13.6. The number of hydrogen-bond acceptors (Lipinski definition) is 4. The number of H-pyrrole nitrogens is 1. The number of aromatic nitrogens is 3. The molecule has 40 heavy (non-hydrogen) atoms. The van der Waals surface area contributed by atoms with Gasteiger partial charge in [0.25, 0.3) is 11.5 Å². The number of fused-ring (bicyclic) bond motifs is 3. The summed E-state index contributed by atoms with van der Waals surface area (Å²) in [4.78, 5) is 46.6. The summed E-state index contributed by atoms with van der Waals surface area (Å²) >= 11 is 6.78. The number of pyridine rings is 1.